The highest BCUT2D eigenvalue weighted by molar-refractivity contribution is 7.25. The fourth-order valence-corrected chi connectivity index (χ4v) is 9.09. The molecule has 0 saturated carbocycles. The average molecular weight is 668 g/mol. The molecule has 0 unspecified atom stereocenters. The van der Waals surface area contributed by atoms with Crippen LogP contribution in [0.2, 0.25) is 0 Å². The molecule has 0 amide bonds. The molecule has 3 heteroatoms. The largest absolute Gasteiger partial charge is 0.456 e. The zero-order valence-corrected chi connectivity index (χ0v) is 28.3. The lowest BCUT2D eigenvalue weighted by Crippen LogP contribution is -2.09. The fourth-order valence-electron chi connectivity index (χ4n) is 7.96. The molecule has 238 valence electrons. The minimum atomic E-state index is 0.884. The smallest absolute Gasteiger partial charge is 0.137 e. The molecule has 11 aromatic rings. The maximum atomic E-state index is 6.37. The molecule has 11 rings (SSSR count). The van der Waals surface area contributed by atoms with Crippen LogP contribution in [0.5, 0.6) is 0 Å². The van der Waals surface area contributed by atoms with Crippen molar-refractivity contribution in [1.82, 2.24) is 0 Å². The summed E-state index contributed by atoms with van der Waals surface area (Å²) in [4.78, 5) is 2.35. The van der Waals surface area contributed by atoms with Crippen molar-refractivity contribution >= 4 is 103 Å². The molecule has 0 radical (unpaired) electrons. The van der Waals surface area contributed by atoms with Crippen LogP contribution >= 0.6 is 11.3 Å². The molecule has 2 heterocycles. The minimum Gasteiger partial charge on any atom is -0.456 e. The number of hydrogen-bond acceptors (Lipinski definition) is 3. The molecule has 51 heavy (non-hydrogen) atoms. The zero-order chi connectivity index (χ0) is 33.5. The SMILES string of the molecule is c1ccc2c(c1)ccc1c3cc(-c4ccc(N(c5ccc6c(c5)oc5ccccc56)c5ccc6c(c5)sc5ccccc56)cc4)ccc3ccc21. The molecule has 0 bridgehead atoms. The Bertz CT molecular complexity index is 3040. The van der Waals surface area contributed by atoms with Gasteiger partial charge in [-0.15, -0.1) is 11.3 Å². The van der Waals surface area contributed by atoms with Gasteiger partial charge in [-0.2, -0.15) is 0 Å². The predicted molar refractivity (Wildman–Crippen MR) is 219 cm³/mol. The number of hydrogen-bond donors (Lipinski definition) is 0. The monoisotopic (exact) mass is 667 g/mol. The number of furan rings is 1. The van der Waals surface area contributed by atoms with Gasteiger partial charge in [-0.05, 0) is 98.0 Å². The van der Waals surface area contributed by atoms with E-state index in [1.807, 2.05) is 23.5 Å². The van der Waals surface area contributed by atoms with Crippen LogP contribution in [-0.2, 0) is 0 Å². The topological polar surface area (TPSA) is 16.4 Å². The lowest BCUT2D eigenvalue weighted by molar-refractivity contribution is 0.669. The van der Waals surface area contributed by atoms with Gasteiger partial charge in [-0.1, -0.05) is 115 Å². The van der Waals surface area contributed by atoms with E-state index >= 15 is 0 Å². The van der Waals surface area contributed by atoms with Gasteiger partial charge in [0.25, 0.3) is 0 Å². The normalized spacial score (nSPS) is 11.9. The number of rotatable bonds is 4. The first-order valence-electron chi connectivity index (χ1n) is 17.3. The third-order valence-electron chi connectivity index (χ3n) is 10.4. The van der Waals surface area contributed by atoms with Crippen LogP contribution in [-0.4, -0.2) is 0 Å². The third kappa shape index (κ3) is 4.49. The van der Waals surface area contributed by atoms with Gasteiger partial charge in [0.2, 0.25) is 0 Å². The van der Waals surface area contributed by atoms with Gasteiger partial charge in [0, 0.05) is 54.1 Å². The van der Waals surface area contributed by atoms with Crippen LogP contribution in [0.25, 0.3) is 85.6 Å². The van der Waals surface area contributed by atoms with Gasteiger partial charge in [-0.3, -0.25) is 0 Å². The summed E-state index contributed by atoms with van der Waals surface area (Å²) in [5.74, 6) is 0. The highest BCUT2D eigenvalue weighted by atomic mass is 32.1. The van der Waals surface area contributed by atoms with Crippen molar-refractivity contribution in [2.75, 3.05) is 4.90 Å². The first kappa shape index (κ1) is 28.4. The summed E-state index contributed by atoms with van der Waals surface area (Å²) >= 11 is 1.85. The molecule has 2 nitrogen and oxygen atoms in total. The van der Waals surface area contributed by atoms with Gasteiger partial charge in [0.15, 0.2) is 0 Å². The number of nitrogens with zero attached hydrogens (tertiary/aromatic N) is 1. The lowest BCUT2D eigenvalue weighted by Gasteiger charge is -2.26. The number of thiophene rings is 1. The van der Waals surface area contributed by atoms with E-state index in [0.717, 1.165) is 39.0 Å². The number of fused-ring (bicyclic) bond motifs is 11. The highest BCUT2D eigenvalue weighted by Gasteiger charge is 2.17. The van der Waals surface area contributed by atoms with E-state index < -0.39 is 0 Å². The Kier molecular flexibility index (Phi) is 6.16. The van der Waals surface area contributed by atoms with Gasteiger partial charge in [0.1, 0.15) is 11.2 Å². The minimum absolute atomic E-state index is 0.884. The maximum Gasteiger partial charge on any atom is 0.137 e. The van der Waals surface area contributed by atoms with E-state index in [4.69, 9.17) is 4.42 Å². The summed E-state index contributed by atoms with van der Waals surface area (Å²) in [7, 11) is 0. The molecule has 0 aliphatic heterocycles. The van der Waals surface area contributed by atoms with Crippen molar-refractivity contribution in [2.24, 2.45) is 0 Å². The number of para-hydroxylation sites is 1. The molecule has 0 atom stereocenters. The Morgan fingerprint density at radius 3 is 1.76 bits per heavy atom. The molecule has 0 saturated heterocycles. The Morgan fingerprint density at radius 1 is 0.333 bits per heavy atom. The molecule has 0 aliphatic rings. The second-order valence-electron chi connectivity index (χ2n) is 13.3. The van der Waals surface area contributed by atoms with Crippen molar-refractivity contribution < 1.29 is 4.42 Å². The molecular weight excluding hydrogens is 639 g/mol. The molecule has 2 aromatic heterocycles. The quantitative estimate of drug-likeness (QED) is 0.174. The van der Waals surface area contributed by atoms with E-state index in [1.165, 1.54) is 63.6 Å². The van der Waals surface area contributed by atoms with Gasteiger partial charge < -0.3 is 9.32 Å². The third-order valence-corrected chi connectivity index (χ3v) is 11.6. The van der Waals surface area contributed by atoms with E-state index in [9.17, 15) is 0 Å². The first-order chi connectivity index (χ1) is 25.2. The van der Waals surface area contributed by atoms with Crippen molar-refractivity contribution in [3.8, 4) is 11.1 Å². The number of benzene rings is 9. The van der Waals surface area contributed by atoms with Crippen LogP contribution in [0, 0.1) is 0 Å². The summed E-state index contributed by atoms with van der Waals surface area (Å²) in [6.45, 7) is 0. The molecular formula is C48H29NOS. The molecule has 0 fully saturated rings. The summed E-state index contributed by atoms with van der Waals surface area (Å²) in [6.07, 6.45) is 0. The standard InChI is InChI=1S/C48H29NOS/c1-2-8-37-31(7-1)17-24-39-38(37)23-18-32-13-14-33(27-44(32)39)30-15-19-34(20-16-30)49(35-21-25-41-40-9-3-5-11-45(40)50-46(41)28-35)36-22-26-43-42-10-4-6-12-47(42)51-48(43)29-36/h1-29H. The van der Waals surface area contributed by atoms with Gasteiger partial charge in [0.05, 0.1) is 0 Å². The predicted octanol–water partition coefficient (Wildman–Crippen LogP) is 14.6. The molecule has 9 aromatic carbocycles. The summed E-state index contributed by atoms with van der Waals surface area (Å²) in [5.41, 5.74) is 7.44. The van der Waals surface area contributed by atoms with Crippen LogP contribution < -0.4 is 4.90 Å². The van der Waals surface area contributed by atoms with Crippen LogP contribution in [0.1, 0.15) is 0 Å². The van der Waals surface area contributed by atoms with Crippen molar-refractivity contribution in [2.45, 2.75) is 0 Å². The number of anilines is 3. The van der Waals surface area contributed by atoms with Crippen LogP contribution in [0.4, 0.5) is 17.1 Å². The Labute approximate surface area is 298 Å². The van der Waals surface area contributed by atoms with Crippen molar-refractivity contribution in [3.05, 3.63) is 176 Å². The van der Waals surface area contributed by atoms with E-state index in [-0.39, 0.29) is 0 Å². The first-order valence-corrected chi connectivity index (χ1v) is 18.1. The average Bonchev–Trinajstić information content (AvgIpc) is 3.75. The summed E-state index contributed by atoms with van der Waals surface area (Å²) < 4.78 is 8.95. The van der Waals surface area contributed by atoms with Gasteiger partial charge in [-0.25, -0.2) is 0 Å². The lowest BCUT2D eigenvalue weighted by atomic mass is 9.94. The summed E-state index contributed by atoms with van der Waals surface area (Å²) in [6, 6.07) is 63.9. The fraction of sp³-hybridized carbons (Fsp3) is 0. The van der Waals surface area contributed by atoms with E-state index in [1.54, 1.807) is 0 Å². The van der Waals surface area contributed by atoms with Gasteiger partial charge >= 0.3 is 0 Å². The second kappa shape index (κ2) is 11.0. The second-order valence-corrected chi connectivity index (χ2v) is 14.4. The highest BCUT2D eigenvalue weighted by Crippen LogP contribution is 2.43. The van der Waals surface area contributed by atoms with Crippen LogP contribution in [0.15, 0.2) is 180 Å². The molecule has 0 N–H and O–H groups in total. The Balaban J connectivity index is 1.05. The van der Waals surface area contributed by atoms with Crippen molar-refractivity contribution in [3.63, 3.8) is 0 Å². The van der Waals surface area contributed by atoms with E-state index in [0.29, 0.717) is 0 Å². The van der Waals surface area contributed by atoms with E-state index in [2.05, 4.69) is 169 Å². The molecule has 0 spiro atoms. The van der Waals surface area contributed by atoms with Crippen molar-refractivity contribution in [1.29, 1.82) is 0 Å². The maximum absolute atomic E-state index is 6.37. The van der Waals surface area contributed by atoms with Crippen LogP contribution in [0.3, 0.4) is 0 Å². The Hall–Kier alpha value is -6.42. The Morgan fingerprint density at radius 2 is 0.902 bits per heavy atom. The summed E-state index contributed by atoms with van der Waals surface area (Å²) in [5, 5.41) is 12.5. The molecule has 0 aliphatic carbocycles. The zero-order valence-electron chi connectivity index (χ0n) is 27.5.